The van der Waals surface area contributed by atoms with Crippen LogP contribution in [0, 0.1) is 5.92 Å². The number of likely N-dealkylation sites (tertiary alicyclic amines) is 1. The van der Waals surface area contributed by atoms with E-state index in [9.17, 15) is 9.59 Å². The number of benzene rings is 2. The van der Waals surface area contributed by atoms with E-state index in [2.05, 4.69) is 22.9 Å². The predicted molar refractivity (Wildman–Crippen MR) is 110 cm³/mol. The molecule has 0 saturated carbocycles. The monoisotopic (exact) mass is 383 g/mol. The lowest BCUT2D eigenvalue weighted by atomic mass is 9.97. The van der Waals surface area contributed by atoms with E-state index in [-0.39, 0.29) is 11.8 Å². The zero-order valence-corrected chi connectivity index (χ0v) is 16.6. The zero-order valence-electron chi connectivity index (χ0n) is 15.8. The van der Waals surface area contributed by atoms with Gasteiger partial charge in [-0.15, -0.1) is 0 Å². The molecule has 2 aromatic rings. The molecule has 2 aliphatic rings. The van der Waals surface area contributed by atoms with E-state index in [1.165, 1.54) is 0 Å². The number of carbonyl (C=O) groups is 2. The van der Waals surface area contributed by atoms with Crippen molar-refractivity contribution in [3.8, 4) is 0 Å². The summed E-state index contributed by atoms with van der Waals surface area (Å²) in [5.74, 6) is 0.881. The quantitative estimate of drug-likeness (QED) is 0.801. The minimum atomic E-state index is 0.102. The first kappa shape index (κ1) is 18.3. The third-order valence-electron chi connectivity index (χ3n) is 5.68. The smallest absolute Gasteiger partial charge is 0.258 e. The van der Waals surface area contributed by atoms with Crippen LogP contribution in [0.25, 0.3) is 10.8 Å². The van der Waals surface area contributed by atoms with Crippen LogP contribution in [0.5, 0.6) is 0 Å². The van der Waals surface area contributed by atoms with Crippen LogP contribution < -0.4 is 9.62 Å². The van der Waals surface area contributed by atoms with Crippen LogP contribution >= 0.6 is 11.9 Å². The highest BCUT2D eigenvalue weighted by molar-refractivity contribution is 7.97. The Morgan fingerprint density at radius 3 is 2.70 bits per heavy atom. The summed E-state index contributed by atoms with van der Waals surface area (Å²) in [4.78, 5) is 29.0. The first-order chi connectivity index (χ1) is 13.1. The second kappa shape index (κ2) is 7.52. The molecule has 1 N–H and O–H groups in total. The molecule has 0 radical (unpaired) electrons. The number of piperidine rings is 1. The summed E-state index contributed by atoms with van der Waals surface area (Å²) < 4.78 is 3.52. The van der Waals surface area contributed by atoms with Gasteiger partial charge in [0.1, 0.15) is 0 Å². The number of nitrogens with one attached hydrogen (secondary N) is 1. The maximum Gasteiger partial charge on any atom is 0.258 e. The molecule has 4 rings (SSSR count). The Bertz CT molecular complexity index is 890. The van der Waals surface area contributed by atoms with Crippen LogP contribution in [0.1, 0.15) is 37.0 Å². The summed E-state index contributed by atoms with van der Waals surface area (Å²) in [6.07, 6.45) is 2.11. The lowest BCUT2D eigenvalue weighted by molar-refractivity contribution is -0.130. The topological polar surface area (TPSA) is 52.7 Å². The normalized spacial score (nSPS) is 17.2. The molecule has 0 unspecified atom stereocenters. The fraction of sp³-hybridized carbons (Fsp3) is 0.429. The number of rotatable bonds is 5. The molecule has 0 bridgehead atoms. The van der Waals surface area contributed by atoms with E-state index >= 15 is 0 Å². The molecule has 2 amide bonds. The molecule has 6 heteroatoms. The van der Waals surface area contributed by atoms with E-state index < -0.39 is 0 Å². The van der Waals surface area contributed by atoms with Gasteiger partial charge in [0.15, 0.2) is 0 Å². The summed E-state index contributed by atoms with van der Waals surface area (Å²) in [7, 11) is 0. The van der Waals surface area contributed by atoms with Gasteiger partial charge >= 0.3 is 0 Å². The Morgan fingerprint density at radius 2 is 2.00 bits per heavy atom. The Morgan fingerprint density at radius 1 is 1.22 bits per heavy atom. The van der Waals surface area contributed by atoms with Gasteiger partial charge < -0.3 is 9.80 Å². The van der Waals surface area contributed by atoms with Crippen LogP contribution in [0.15, 0.2) is 35.2 Å². The number of carbonyl (C=O) groups excluding carboxylic acids is 2. The summed E-state index contributed by atoms with van der Waals surface area (Å²) in [5, 5.41) is 2.21. The minimum absolute atomic E-state index is 0.102. The highest BCUT2D eigenvalue weighted by atomic mass is 32.2. The molecule has 0 atom stereocenters. The standard InChI is InChI=1S/C21H25N3O2S/c1-3-24-18-7-8-19(16-5-4-6-17(20(16)18)21(24)26)27-22-13-15-9-11-23(12-10-15)14(2)25/h4-8,15,22H,3,9-13H2,1-2H3. The number of anilines is 1. The average molecular weight is 384 g/mol. The van der Waals surface area contributed by atoms with E-state index in [4.69, 9.17) is 0 Å². The van der Waals surface area contributed by atoms with Gasteiger partial charge in [0.05, 0.1) is 5.69 Å². The van der Waals surface area contributed by atoms with E-state index in [1.807, 2.05) is 28.9 Å². The molecular formula is C21H25N3O2S. The van der Waals surface area contributed by atoms with Gasteiger partial charge in [-0.1, -0.05) is 12.1 Å². The van der Waals surface area contributed by atoms with Crippen molar-refractivity contribution >= 4 is 40.2 Å². The molecule has 1 saturated heterocycles. The lowest BCUT2D eigenvalue weighted by Crippen LogP contribution is -2.38. The van der Waals surface area contributed by atoms with Crippen LogP contribution in [0.3, 0.4) is 0 Å². The second-order valence-electron chi connectivity index (χ2n) is 7.26. The Kier molecular flexibility index (Phi) is 5.10. The molecule has 27 heavy (non-hydrogen) atoms. The number of hydrogen-bond acceptors (Lipinski definition) is 4. The fourth-order valence-corrected chi connectivity index (χ4v) is 5.00. The third kappa shape index (κ3) is 3.32. The maximum absolute atomic E-state index is 12.6. The maximum atomic E-state index is 12.6. The Labute approximate surface area is 164 Å². The van der Waals surface area contributed by atoms with Crippen LogP contribution in [-0.2, 0) is 4.79 Å². The number of hydrogen-bond donors (Lipinski definition) is 1. The van der Waals surface area contributed by atoms with Crippen molar-refractivity contribution in [3.05, 3.63) is 35.9 Å². The highest BCUT2D eigenvalue weighted by Crippen LogP contribution is 2.40. The molecular weight excluding hydrogens is 358 g/mol. The third-order valence-corrected chi connectivity index (χ3v) is 6.56. The van der Waals surface area contributed by atoms with Crippen molar-refractivity contribution in [3.63, 3.8) is 0 Å². The average Bonchev–Trinajstić information content (AvgIpc) is 2.97. The van der Waals surface area contributed by atoms with Crippen LogP contribution in [-0.4, -0.2) is 42.9 Å². The number of amides is 2. The van der Waals surface area contributed by atoms with Gasteiger partial charge in [0.2, 0.25) is 5.91 Å². The van der Waals surface area contributed by atoms with Crippen molar-refractivity contribution in [2.75, 3.05) is 31.1 Å². The fourth-order valence-electron chi connectivity index (χ4n) is 4.11. The van der Waals surface area contributed by atoms with Crippen molar-refractivity contribution in [1.29, 1.82) is 0 Å². The molecule has 5 nitrogen and oxygen atoms in total. The molecule has 2 aromatic carbocycles. The predicted octanol–water partition coefficient (Wildman–Crippen LogP) is 3.68. The van der Waals surface area contributed by atoms with Gasteiger partial charge in [0.25, 0.3) is 5.91 Å². The molecule has 2 aliphatic heterocycles. The molecule has 2 heterocycles. The van der Waals surface area contributed by atoms with Crippen LogP contribution in [0.4, 0.5) is 5.69 Å². The second-order valence-corrected chi connectivity index (χ2v) is 8.19. The number of nitrogens with zero attached hydrogens (tertiary/aromatic N) is 2. The van der Waals surface area contributed by atoms with Gasteiger partial charge in [-0.05, 0) is 61.2 Å². The minimum Gasteiger partial charge on any atom is -0.343 e. The van der Waals surface area contributed by atoms with E-state index in [0.29, 0.717) is 12.5 Å². The Hall–Kier alpha value is -2.05. The molecule has 0 spiro atoms. The van der Waals surface area contributed by atoms with Gasteiger partial charge in [0, 0.05) is 48.9 Å². The van der Waals surface area contributed by atoms with Gasteiger partial charge in [-0.2, -0.15) is 0 Å². The summed E-state index contributed by atoms with van der Waals surface area (Å²) in [6, 6.07) is 10.2. The highest BCUT2D eigenvalue weighted by Gasteiger charge is 2.29. The summed E-state index contributed by atoms with van der Waals surface area (Å²) >= 11 is 1.65. The summed E-state index contributed by atoms with van der Waals surface area (Å²) in [6.45, 7) is 7.00. The van der Waals surface area contributed by atoms with Crippen molar-refractivity contribution in [2.24, 2.45) is 5.92 Å². The van der Waals surface area contributed by atoms with Gasteiger partial charge in [-0.3, -0.25) is 14.3 Å². The molecule has 142 valence electrons. The van der Waals surface area contributed by atoms with E-state index in [0.717, 1.165) is 59.4 Å². The van der Waals surface area contributed by atoms with E-state index in [1.54, 1.807) is 18.9 Å². The van der Waals surface area contributed by atoms with Crippen molar-refractivity contribution in [2.45, 2.75) is 31.6 Å². The molecule has 0 aromatic heterocycles. The summed E-state index contributed by atoms with van der Waals surface area (Å²) in [5.41, 5.74) is 1.83. The first-order valence-corrected chi connectivity index (χ1v) is 10.4. The van der Waals surface area contributed by atoms with Crippen LogP contribution in [0.2, 0.25) is 0 Å². The first-order valence-electron chi connectivity index (χ1n) is 9.63. The van der Waals surface area contributed by atoms with Gasteiger partial charge in [-0.25, -0.2) is 0 Å². The van der Waals surface area contributed by atoms with Crippen molar-refractivity contribution < 1.29 is 9.59 Å². The Balaban J connectivity index is 1.45. The largest absolute Gasteiger partial charge is 0.343 e. The molecule has 0 aliphatic carbocycles. The van der Waals surface area contributed by atoms with Crippen molar-refractivity contribution in [1.82, 2.24) is 9.62 Å². The zero-order chi connectivity index (χ0) is 19.0. The lowest BCUT2D eigenvalue weighted by Gasteiger charge is -2.31. The molecule has 1 fully saturated rings. The SMILES string of the molecule is CCN1C(=O)c2cccc3c(SNCC4CCN(C(C)=O)CC4)ccc1c23.